The van der Waals surface area contributed by atoms with Gasteiger partial charge in [-0.15, -0.1) is 0 Å². The molecule has 33 heavy (non-hydrogen) atoms. The summed E-state index contributed by atoms with van der Waals surface area (Å²) in [5.74, 6) is -1.05. The van der Waals surface area contributed by atoms with Crippen LogP contribution in [0, 0.1) is 17.7 Å². The van der Waals surface area contributed by atoms with Crippen LogP contribution in [0.4, 0.5) is 10.2 Å². The molecule has 2 amide bonds. The number of hydroxylamine groups is 2. The maximum absolute atomic E-state index is 15.4. The molecule has 1 aromatic heterocycles. The zero-order valence-electron chi connectivity index (χ0n) is 19.5. The first-order valence-electron chi connectivity index (χ1n) is 11.6. The number of hydrogen-bond acceptors (Lipinski definition) is 7. The summed E-state index contributed by atoms with van der Waals surface area (Å²) in [6, 6.07) is 0.247. The Hall–Kier alpha value is -2.04. The lowest BCUT2D eigenvalue weighted by atomic mass is 9.92. The van der Waals surface area contributed by atoms with E-state index in [0.717, 1.165) is 32.2 Å². The molecule has 1 aromatic rings. The summed E-state index contributed by atoms with van der Waals surface area (Å²) in [6.07, 6.45) is 5.13. The lowest BCUT2D eigenvalue weighted by molar-refractivity contribution is -0.155. The number of rotatable bonds is 9. The lowest BCUT2D eigenvalue weighted by Crippen LogP contribution is -2.55. The van der Waals surface area contributed by atoms with Crippen molar-refractivity contribution in [2.75, 3.05) is 31.6 Å². The molecule has 11 heteroatoms. The quantitative estimate of drug-likeness (QED) is 0.240. The highest BCUT2D eigenvalue weighted by molar-refractivity contribution is 6.28. The minimum Gasteiger partial charge on any atom is -0.350 e. The monoisotopic (exact) mass is 484 g/mol. The zero-order valence-corrected chi connectivity index (χ0v) is 20.3. The number of nitrogens with one attached hydrogen (secondary N) is 1. The van der Waals surface area contributed by atoms with Crippen molar-refractivity contribution in [3.63, 3.8) is 0 Å². The topological polar surface area (TPSA) is 102 Å². The summed E-state index contributed by atoms with van der Waals surface area (Å²) in [7, 11) is 2.03. The van der Waals surface area contributed by atoms with E-state index in [4.69, 9.17) is 11.6 Å². The second-order valence-corrected chi connectivity index (χ2v) is 9.73. The summed E-state index contributed by atoms with van der Waals surface area (Å²) in [4.78, 5) is 36.0. The number of carbonyl (C=O) groups excluding carboxylic acids is 2. The lowest BCUT2D eigenvalue weighted by Gasteiger charge is -2.43. The van der Waals surface area contributed by atoms with E-state index in [2.05, 4.69) is 27.1 Å². The molecule has 2 aliphatic rings. The van der Waals surface area contributed by atoms with E-state index in [1.165, 1.54) is 0 Å². The van der Waals surface area contributed by atoms with Gasteiger partial charge in [0, 0.05) is 25.2 Å². The molecule has 0 spiro atoms. The van der Waals surface area contributed by atoms with Crippen LogP contribution >= 0.6 is 11.6 Å². The van der Waals surface area contributed by atoms with Gasteiger partial charge in [-0.3, -0.25) is 19.7 Å². The van der Waals surface area contributed by atoms with Crippen molar-refractivity contribution < 1.29 is 19.2 Å². The number of nitrogens with zero attached hydrogens (tertiary/aromatic N) is 5. The van der Waals surface area contributed by atoms with Crippen LogP contribution < -0.4 is 10.2 Å². The molecule has 3 atom stereocenters. The Morgan fingerprint density at radius 2 is 2.00 bits per heavy atom. The van der Waals surface area contributed by atoms with Crippen LogP contribution in [0.5, 0.6) is 0 Å². The molecule has 2 heterocycles. The number of hydrogen-bond donors (Lipinski definition) is 2. The average molecular weight is 485 g/mol. The van der Waals surface area contributed by atoms with E-state index < -0.39 is 11.7 Å². The van der Waals surface area contributed by atoms with Gasteiger partial charge in [0.1, 0.15) is 5.69 Å². The standard InChI is InChI=1S/C22H34ClFN6O3/c1-14-11-30(15(2)10-28(14)3)20-19(24)18(26-22(23)27-20)9-25-21(32)17(12-29(33)13-31)8-16-6-4-5-7-16/h13-17,33H,4-12H2,1-3H3,(H,25,32)/t14-,15-,17+/m0/s1. The summed E-state index contributed by atoms with van der Waals surface area (Å²) in [6.45, 7) is 5.14. The average Bonchev–Trinajstić information content (AvgIpc) is 3.29. The normalized spacial score (nSPS) is 22.9. The Labute approximate surface area is 199 Å². The van der Waals surface area contributed by atoms with Crippen LogP contribution in [-0.2, 0) is 16.1 Å². The number of piperazine rings is 1. The zero-order chi connectivity index (χ0) is 24.1. The van der Waals surface area contributed by atoms with Crippen molar-refractivity contribution in [1.82, 2.24) is 25.2 Å². The molecular weight excluding hydrogens is 451 g/mol. The predicted molar refractivity (Wildman–Crippen MR) is 122 cm³/mol. The highest BCUT2D eigenvalue weighted by atomic mass is 35.5. The van der Waals surface area contributed by atoms with Crippen LogP contribution in [-0.4, -0.2) is 76.2 Å². The minimum absolute atomic E-state index is 0.00740. The summed E-state index contributed by atoms with van der Waals surface area (Å²) >= 11 is 6.12. The third kappa shape index (κ3) is 6.51. The number of carbonyl (C=O) groups is 2. The molecule has 2 N–H and O–H groups in total. The fourth-order valence-electron chi connectivity index (χ4n) is 4.85. The van der Waals surface area contributed by atoms with Crippen LogP contribution in [0.25, 0.3) is 0 Å². The molecule has 9 nitrogen and oxygen atoms in total. The first-order valence-corrected chi connectivity index (χ1v) is 11.9. The van der Waals surface area contributed by atoms with Gasteiger partial charge in [-0.1, -0.05) is 25.7 Å². The van der Waals surface area contributed by atoms with Gasteiger partial charge in [-0.2, -0.15) is 4.98 Å². The summed E-state index contributed by atoms with van der Waals surface area (Å²) in [5, 5.41) is 12.8. The Bertz CT molecular complexity index is 841. The van der Waals surface area contributed by atoms with Gasteiger partial charge in [0.05, 0.1) is 19.0 Å². The second-order valence-electron chi connectivity index (χ2n) is 9.40. The maximum Gasteiger partial charge on any atom is 0.233 e. The number of likely N-dealkylation sites (N-methyl/N-ethyl adjacent to an activating group) is 1. The number of halogens is 2. The molecule has 1 aliphatic carbocycles. The Kier molecular flexibility index (Phi) is 8.83. The van der Waals surface area contributed by atoms with E-state index in [0.29, 0.717) is 23.9 Å². The van der Waals surface area contributed by atoms with Crippen molar-refractivity contribution in [3.8, 4) is 0 Å². The first kappa shape index (κ1) is 25.6. The Morgan fingerprint density at radius 3 is 2.67 bits per heavy atom. The molecule has 0 radical (unpaired) electrons. The molecule has 0 aromatic carbocycles. The van der Waals surface area contributed by atoms with Crippen molar-refractivity contribution in [1.29, 1.82) is 0 Å². The van der Waals surface area contributed by atoms with E-state index in [1.54, 1.807) is 0 Å². The fourth-order valence-corrected chi connectivity index (χ4v) is 5.03. The highest BCUT2D eigenvalue weighted by Gasteiger charge is 2.31. The third-order valence-electron chi connectivity index (χ3n) is 6.87. The van der Waals surface area contributed by atoms with Gasteiger partial charge in [0.2, 0.25) is 17.6 Å². The molecule has 184 valence electrons. The molecule has 0 unspecified atom stereocenters. The van der Waals surface area contributed by atoms with Crippen LogP contribution in [0.1, 0.15) is 51.6 Å². The van der Waals surface area contributed by atoms with E-state index in [-0.39, 0.29) is 54.3 Å². The Morgan fingerprint density at radius 1 is 1.30 bits per heavy atom. The van der Waals surface area contributed by atoms with Crippen molar-refractivity contribution in [3.05, 3.63) is 16.8 Å². The van der Waals surface area contributed by atoms with Crippen LogP contribution in [0.3, 0.4) is 0 Å². The second kappa shape index (κ2) is 11.4. The molecule has 3 rings (SSSR count). The van der Waals surface area contributed by atoms with Gasteiger partial charge in [0.15, 0.2) is 11.6 Å². The smallest absolute Gasteiger partial charge is 0.233 e. The molecule has 0 bridgehead atoms. The van der Waals surface area contributed by atoms with Crippen molar-refractivity contribution >= 4 is 29.7 Å². The molecular formula is C22H34ClFN6O3. The molecule has 1 saturated heterocycles. The maximum atomic E-state index is 15.4. The first-order chi connectivity index (χ1) is 15.7. The van der Waals surface area contributed by atoms with Gasteiger partial charge in [-0.25, -0.2) is 14.4 Å². The van der Waals surface area contributed by atoms with E-state index >= 15 is 4.39 Å². The van der Waals surface area contributed by atoms with Crippen molar-refractivity contribution in [2.24, 2.45) is 11.8 Å². The summed E-state index contributed by atoms with van der Waals surface area (Å²) in [5.41, 5.74) is 0.00740. The van der Waals surface area contributed by atoms with Gasteiger partial charge >= 0.3 is 0 Å². The van der Waals surface area contributed by atoms with E-state index in [9.17, 15) is 14.8 Å². The van der Waals surface area contributed by atoms with Gasteiger partial charge in [0.25, 0.3) is 0 Å². The molecule has 1 saturated carbocycles. The third-order valence-corrected chi connectivity index (χ3v) is 7.04. The minimum atomic E-state index is -0.604. The van der Waals surface area contributed by atoms with Gasteiger partial charge in [-0.05, 0) is 44.8 Å². The largest absolute Gasteiger partial charge is 0.350 e. The number of anilines is 1. The van der Waals surface area contributed by atoms with Gasteiger partial charge < -0.3 is 10.2 Å². The summed E-state index contributed by atoms with van der Waals surface area (Å²) < 4.78 is 15.4. The van der Waals surface area contributed by atoms with Crippen molar-refractivity contribution in [2.45, 2.75) is 64.6 Å². The van der Waals surface area contributed by atoms with Crippen LogP contribution in [0.2, 0.25) is 5.28 Å². The molecule has 1 aliphatic heterocycles. The predicted octanol–water partition coefficient (Wildman–Crippen LogP) is 2.46. The van der Waals surface area contributed by atoms with Crippen LogP contribution in [0.15, 0.2) is 0 Å². The number of aromatic nitrogens is 2. The Balaban J connectivity index is 1.72. The fraction of sp³-hybridized carbons (Fsp3) is 0.727. The highest BCUT2D eigenvalue weighted by Crippen LogP contribution is 2.31. The SMILES string of the molecule is C[C@H]1CN(c2nc(Cl)nc(CNC(=O)[C@H](CC3CCCC3)CN(O)C=O)c2F)[C@@H](C)CN1C. The van der Waals surface area contributed by atoms with E-state index in [1.807, 2.05) is 18.9 Å². The number of amides is 2. The molecule has 2 fully saturated rings.